The van der Waals surface area contributed by atoms with Crippen LogP contribution in [0, 0.1) is 0 Å². The lowest BCUT2D eigenvalue weighted by Gasteiger charge is -2.37. The molecule has 0 radical (unpaired) electrons. The standard InChI is InChI=1S/C17H22ClN3OS.ClH/c1-12-8-21(13(2)7-19-12)9-15-11-23-17(20-15)10-22-16-5-3-14(18)4-6-16;/h3-6,11-13,19H,7-10H2,1-2H3;1H. The van der Waals surface area contributed by atoms with Crippen molar-refractivity contribution in [3.63, 3.8) is 0 Å². The van der Waals surface area contributed by atoms with Gasteiger partial charge in [-0.15, -0.1) is 23.7 Å². The number of rotatable bonds is 5. The fourth-order valence-corrected chi connectivity index (χ4v) is 3.51. The summed E-state index contributed by atoms with van der Waals surface area (Å²) in [4.78, 5) is 7.19. The van der Waals surface area contributed by atoms with Crippen LogP contribution in [-0.2, 0) is 13.2 Å². The number of aromatic nitrogens is 1. The molecule has 1 aliphatic heterocycles. The highest BCUT2D eigenvalue weighted by Crippen LogP contribution is 2.19. The second-order valence-corrected chi connectivity index (χ2v) is 7.44. The molecule has 2 unspecified atom stereocenters. The minimum absolute atomic E-state index is 0. The second-order valence-electron chi connectivity index (χ2n) is 6.06. The van der Waals surface area contributed by atoms with Crippen LogP contribution in [0.2, 0.25) is 5.02 Å². The van der Waals surface area contributed by atoms with Gasteiger partial charge in [0.1, 0.15) is 17.4 Å². The Hall–Kier alpha value is -0.850. The average molecular weight is 388 g/mol. The summed E-state index contributed by atoms with van der Waals surface area (Å²) in [5, 5.41) is 7.37. The highest BCUT2D eigenvalue weighted by Gasteiger charge is 2.22. The van der Waals surface area contributed by atoms with E-state index in [2.05, 4.69) is 29.4 Å². The number of ether oxygens (including phenoxy) is 1. The van der Waals surface area contributed by atoms with Gasteiger partial charge in [-0.05, 0) is 38.1 Å². The maximum atomic E-state index is 5.87. The number of nitrogens with one attached hydrogen (secondary N) is 1. The maximum Gasteiger partial charge on any atom is 0.140 e. The van der Waals surface area contributed by atoms with E-state index in [0.717, 1.165) is 36.1 Å². The van der Waals surface area contributed by atoms with Crippen molar-refractivity contribution in [1.82, 2.24) is 15.2 Å². The molecular formula is C17H23Cl2N3OS. The fourth-order valence-electron chi connectivity index (χ4n) is 2.69. The molecule has 3 rings (SSSR count). The summed E-state index contributed by atoms with van der Waals surface area (Å²) in [5.74, 6) is 0.815. The SMILES string of the molecule is CC1CN(Cc2csc(COc3ccc(Cl)cc3)n2)C(C)CN1.Cl. The number of nitrogens with zero attached hydrogens (tertiary/aromatic N) is 2. The molecule has 0 bridgehead atoms. The van der Waals surface area contributed by atoms with E-state index in [0.29, 0.717) is 23.7 Å². The zero-order chi connectivity index (χ0) is 16.2. The van der Waals surface area contributed by atoms with Crippen LogP contribution in [0.5, 0.6) is 5.75 Å². The third-order valence-corrected chi connectivity index (χ3v) is 5.16. The smallest absolute Gasteiger partial charge is 0.140 e. The van der Waals surface area contributed by atoms with Crippen LogP contribution in [0.4, 0.5) is 0 Å². The summed E-state index contributed by atoms with van der Waals surface area (Å²) in [6.07, 6.45) is 0. The van der Waals surface area contributed by atoms with Gasteiger partial charge in [-0.2, -0.15) is 0 Å². The van der Waals surface area contributed by atoms with E-state index in [1.807, 2.05) is 24.3 Å². The molecular weight excluding hydrogens is 365 g/mol. The quantitative estimate of drug-likeness (QED) is 0.841. The Balaban J connectivity index is 0.00000208. The normalized spacial score (nSPS) is 21.3. The lowest BCUT2D eigenvalue weighted by molar-refractivity contribution is 0.137. The van der Waals surface area contributed by atoms with Gasteiger partial charge in [0.2, 0.25) is 0 Å². The van der Waals surface area contributed by atoms with Crippen LogP contribution < -0.4 is 10.1 Å². The first-order valence-electron chi connectivity index (χ1n) is 7.89. The molecule has 1 aliphatic rings. The number of piperazine rings is 1. The van der Waals surface area contributed by atoms with E-state index in [9.17, 15) is 0 Å². The molecule has 4 nitrogen and oxygen atoms in total. The molecule has 2 aromatic rings. The van der Waals surface area contributed by atoms with Crippen LogP contribution in [0.25, 0.3) is 0 Å². The molecule has 1 saturated heterocycles. The van der Waals surface area contributed by atoms with Gasteiger partial charge in [-0.25, -0.2) is 4.98 Å². The Morgan fingerprint density at radius 1 is 1.33 bits per heavy atom. The predicted molar refractivity (Wildman–Crippen MR) is 102 cm³/mol. The largest absolute Gasteiger partial charge is 0.486 e. The number of hydrogen-bond acceptors (Lipinski definition) is 5. The van der Waals surface area contributed by atoms with Gasteiger partial charge in [0.15, 0.2) is 0 Å². The number of thiazole rings is 1. The molecule has 132 valence electrons. The highest BCUT2D eigenvalue weighted by atomic mass is 35.5. The van der Waals surface area contributed by atoms with Gasteiger partial charge in [0.05, 0.1) is 5.69 Å². The molecule has 1 aromatic heterocycles. The van der Waals surface area contributed by atoms with E-state index in [1.54, 1.807) is 11.3 Å². The molecule has 24 heavy (non-hydrogen) atoms. The minimum Gasteiger partial charge on any atom is -0.486 e. The van der Waals surface area contributed by atoms with Gasteiger partial charge < -0.3 is 10.1 Å². The van der Waals surface area contributed by atoms with Crippen molar-refractivity contribution >= 4 is 35.3 Å². The Morgan fingerprint density at radius 2 is 2.08 bits per heavy atom. The van der Waals surface area contributed by atoms with E-state index < -0.39 is 0 Å². The van der Waals surface area contributed by atoms with Crippen LogP contribution in [0.1, 0.15) is 24.5 Å². The zero-order valence-electron chi connectivity index (χ0n) is 13.9. The molecule has 1 N–H and O–H groups in total. The Bertz CT molecular complexity index is 635. The van der Waals surface area contributed by atoms with E-state index in [-0.39, 0.29) is 12.4 Å². The monoisotopic (exact) mass is 387 g/mol. The molecule has 1 fully saturated rings. The summed E-state index contributed by atoms with van der Waals surface area (Å²) < 4.78 is 5.75. The van der Waals surface area contributed by atoms with E-state index in [4.69, 9.17) is 21.3 Å². The molecule has 2 atom stereocenters. The maximum absolute atomic E-state index is 5.87. The van der Waals surface area contributed by atoms with Crippen molar-refractivity contribution in [3.05, 3.63) is 45.4 Å². The molecule has 2 heterocycles. The van der Waals surface area contributed by atoms with Gasteiger partial charge in [-0.1, -0.05) is 11.6 Å². The molecule has 0 spiro atoms. The van der Waals surface area contributed by atoms with Gasteiger partial charge in [0, 0.05) is 42.1 Å². The third kappa shape index (κ3) is 5.33. The van der Waals surface area contributed by atoms with E-state index >= 15 is 0 Å². The summed E-state index contributed by atoms with van der Waals surface area (Å²) in [6, 6.07) is 8.49. The van der Waals surface area contributed by atoms with Crippen molar-refractivity contribution in [2.75, 3.05) is 13.1 Å². The third-order valence-electron chi connectivity index (χ3n) is 4.03. The van der Waals surface area contributed by atoms with Crippen LogP contribution in [0.3, 0.4) is 0 Å². The van der Waals surface area contributed by atoms with Crippen molar-refractivity contribution in [1.29, 1.82) is 0 Å². The van der Waals surface area contributed by atoms with Crippen molar-refractivity contribution in [2.24, 2.45) is 0 Å². The van der Waals surface area contributed by atoms with Gasteiger partial charge in [0.25, 0.3) is 0 Å². The van der Waals surface area contributed by atoms with E-state index in [1.165, 1.54) is 0 Å². The average Bonchev–Trinajstić information content (AvgIpc) is 2.98. The lowest BCUT2D eigenvalue weighted by Crippen LogP contribution is -2.53. The summed E-state index contributed by atoms with van der Waals surface area (Å²) in [7, 11) is 0. The first-order chi connectivity index (χ1) is 11.1. The number of benzene rings is 1. The fraction of sp³-hybridized carbons (Fsp3) is 0.471. The topological polar surface area (TPSA) is 37.4 Å². The van der Waals surface area contributed by atoms with Crippen molar-refractivity contribution in [2.45, 2.75) is 39.1 Å². The zero-order valence-corrected chi connectivity index (χ0v) is 16.3. The molecule has 0 amide bonds. The second kappa shape index (κ2) is 9.02. The summed E-state index contributed by atoms with van der Waals surface area (Å²) in [5.41, 5.74) is 1.13. The molecule has 7 heteroatoms. The van der Waals surface area contributed by atoms with Crippen LogP contribution >= 0.6 is 35.3 Å². The number of halogens is 2. The molecule has 0 aliphatic carbocycles. The molecule has 0 saturated carbocycles. The Labute approximate surface area is 158 Å². The lowest BCUT2D eigenvalue weighted by atomic mass is 10.1. The van der Waals surface area contributed by atoms with Crippen molar-refractivity contribution < 1.29 is 4.74 Å². The van der Waals surface area contributed by atoms with Crippen molar-refractivity contribution in [3.8, 4) is 5.75 Å². The first kappa shape index (κ1) is 19.5. The Morgan fingerprint density at radius 3 is 2.83 bits per heavy atom. The number of hydrogen-bond donors (Lipinski definition) is 1. The van der Waals surface area contributed by atoms with Gasteiger partial charge in [-0.3, -0.25) is 4.90 Å². The highest BCUT2D eigenvalue weighted by molar-refractivity contribution is 7.09. The Kier molecular flexibility index (Phi) is 7.32. The molecule has 1 aromatic carbocycles. The predicted octanol–water partition coefficient (Wildman–Crippen LogP) is 3.98. The first-order valence-corrected chi connectivity index (χ1v) is 9.15. The van der Waals surface area contributed by atoms with Crippen LogP contribution in [0.15, 0.2) is 29.6 Å². The minimum atomic E-state index is 0. The van der Waals surface area contributed by atoms with Crippen LogP contribution in [-0.4, -0.2) is 35.1 Å². The van der Waals surface area contributed by atoms with Gasteiger partial charge >= 0.3 is 0 Å². The summed E-state index contributed by atoms with van der Waals surface area (Å²) >= 11 is 7.53. The summed E-state index contributed by atoms with van der Waals surface area (Å²) in [6.45, 7) is 8.00.